The summed E-state index contributed by atoms with van der Waals surface area (Å²) in [5.41, 5.74) is 0.582. The minimum atomic E-state index is 0.00920. The Labute approximate surface area is 138 Å². The number of carbonyl (C=O) groups excluding carboxylic acids is 1. The SMILES string of the molecule is CC(C)CCCNC(=O)N1CCN(c2ncccc2C#N)CC1. The van der Waals surface area contributed by atoms with Crippen LogP contribution in [0.4, 0.5) is 10.6 Å². The van der Waals surface area contributed by atoms with Crippen LogP contribution in [0.25, 0.3) is 0 Å². The van der Waals surface area contributed by atoms with Crippen LogP contribution in [-0.2, 0) is 0 Å². The average molecular weight is 315 g/mol. The van der Waals surface area contributed by atoms with Gasteiger partial charge in [0.15, 0.2) is 0 Å². The van der Waals surface area contributed by atoms with E-state index in [0.29, 0.717) is 43.5 Å². The molecule has 1 fully saturated rings. The van der Waals surface area contributed by atoms with Gasteiger partial charge in [0.1, 0.15) is 11.9 Å². The molecule has 0 atom stereocenters. The molecule has 2 amide bonds. The van der Waals surface area contributed by atoms with Crippen LogP contribution >= 0.6 is 0 Å². The van der Waals surface area contributed by atoms with Crippen LogP contribution in [0.5, 0.6) is 0 Å². The molecule has 2 heterocycles. The molecule has 0 aromatic carbocycles. The fourth-order valence-corrected chi connectivity index (χ4v) is 2.68. The summed E-state index contributed by atoms with van der Waals surface area (Å²) < 4.78 is 0. The molecule has 1 aliphatic rings. The molecule has 1 N–H and O–H groups in total. The van der Waals surface area contributed by atoms with Gasteiger partial charge in [0.2, 0.25) is 0 Å². The number of nitriles is 1. The van der Waals surface area contributed by atoms with E-state index in [1.807, 2.05) is 4.90 Å². The van der Waals surface area contributed by atoms with E-state index in [4.69, 9.17) is 5.26 Å². The van der Waals surface area contributed by atoms with Gasteiger partial charge in [-0.05, 0) is 30.9 Å². The Hall–Kier alpha value is -2.29. The summed E-state index contributed by atoms with van der Waals surface area (Å²) in [4.78, 5) is 20.3. The Bertz CT molecular complexity index is 558. The van der Waals surface area contributed by atoms with Gasteiger partial charge in [0, 0.05) is 38.9 Å². The lowest BCUT2D eigenvalue weighted by molar-refractivity contribution is 0.194. The number of piperazine rings is 1. The third-order valence-electron chi connectivity index (χ3n) is 4.01. The van der Waals surface area contributed by atoms with E-state index in [1.54, 1.807) is 18.3 Å². The number of nitrogens with one attached hydrogen (secondary N) is 1. The van der Waals surface area contributed by atoms with Crippen LogP contribution in [0.1, 0.15) is 32.3 Å². The van der Waals surface area contributed by atoms with Gasteiger partial charge in [0.25, 0.3) is 0 Å². The lowest BCUT2D eigenvalue weighted by atomic mass is 10.1. The molecular formula is C17H25N5O. The second-order valence-corrected chi connectivity index (χ2v) is 6.23. The number of amides is 2. The van der Waals surface area contributed by atoms with Crippen molar-refractivity contribution in [3.05, 3.63) is 23.9 Å². The van der Waals surface area contributed by atoms with Crippen molar-refractivity contribution in [3.63, 3.8) is 0 Å². The summed E-state index contributed by atoms with van der Waals surface area (Å²) in [6.45, 7) is 7.81. The smallest absolute Gasteiger partial charge is 0.317 e. The molecule has 0 bridgehead atoms. The van der Waals surface area contributed by atoms with Gasteiger partial charge in [-0.3, -0.25) is 0 Å². The highest BCUT2D eigenvalue weighted by Crippen LogP contribution is 2.18. The summed E-state index contributed by atoms with van der Waals surface area (Å²) in [5, 5.41) is 12.1. The summed E-state index contributed by atoms with van der Waals surface area (Å²) in [5.74, 6) is 1.38. The Morgan fingerprint density at radius 2 is 2.13 bits per heavy atom. The number of pyridine rings is 1. The van der Waals surface area contributed by atoms with Gasteiger partial charge in [-0.15, -0.1) is 0 Å². The van der Waals surface area contributed by atoms with Crippen LogP contribution in [0, 0.1) is 17.2 Å². The third-order valence-corrected chi connectivity index (χ3v) is 4.01. The predicted molar refractivity (Wildman–Crippen MR) is 90.2 cm³/mol. The number of hydrogen-bond acceptors (Lipinski definition) is 4. The second kappa shape index (κ2) is 8.37. The monoisotopic (exact) mass is 315 g/mol. The van der Waals surface area contributed by atoms with Crippen molar-refractivity contribution in [2.75, 3.05) is 37.6 Å². The largest absolute Gasteiger partial charge is 0.352 e. The van der Waals surface area contributed by atoms with Crippen LogP contribution in [0.3, 0.4) is 0 Å². The number of carbonyl (C=O) groups is 1. The first-order valence-corrected chi connectivity index (χ1v) is 8.24. The maximum atomic E-state index is 12.1. The van der Waals surface area contributed by atoms with Gasteiger partial charge in [-0.25, -0.2) is 9.78 Å². The van der Waals surface area contributed by atoms with Crippen molar-refractivity contribution < 1.29 is 4.79 Å². The number of anilines is 1. The fraction of sp³-hybridized carbons (Fsp3) is 0.588. The van der Waals surface area contributed by atoms with Crippen molar-refractivity contribution in [1.29, 1.82) is 5.26 Å². The molecule has 2 rings (SSSR count). The number of rotatable bonds is 5. The molecule has 6 heteroatoms. The molecule has 0 spiro atoms. The van der Waals surface area contributed by atoms with E-state index in [2.05, 4.69) is 35.1 Å². The molecule has 23 heavy (non-hydrogen) atoms. The standard InChI is InChI=1S/C17H25N5O/c1-14(2)5-3-8-20-17(23)22-11-9-21(10-12-22)16-15(13-18)6-4-7-19-16/h4,6-7,14H,3,5,8-12H2,1-2H3,(H,20,23). The van der Waals surface area contributed by atoms with Crippen molar-refractivity contribution in [2.45, 2.75) is 26.7 Å². The fourth-order valence-electron chi connectivity index (χ4n) is 2.68. The molecule has 1 saturated heterocycles. The van der Waals surface area contributed by atoms with Gasteiger partial charge < -0.3 is 15.1 Å². The highest BCUT2D eigenvalue weighted by Gasteiger charge is 2.22. The molecule has 6 nitrogen and oxygen atoms in total. The van der Waals surface area contributed by atoms with E-state index in [0.717, 1.165) is 19.4 Å². The quantitative estimate of drug-likeness (QED) is 0.846. The zero-order valence-electron chi connectivity index (χ0n) is 14.0. The summed E-state index contributed by atoms with van der Waals surface area (Å²) in [6, 6.07) is 5.72. The lowest BCUT2D eigenvalue weighted by Crippen LogP contribution is -2.52. The number of hydrogen-bond donors (Lipinski definition) is 1. The van der Waals surface area contributed by atoms with Crippen LogP contribution in [0.15, 0.2) is 18.3 Å². The van der Waals surface area contributed by atoms with Crippen LogP contribution in [0.2, 0.25) is 0 Å². The molecular weight excluding hydrogens is 290 g/mol. The number of nitrogens with zero attached hydrogens (tertiary/aromatic N) is 4. The molecule has 0 saturated carbocycles. The van der Waals surface area contributed by atoms with Gasteiger partial charge in [-0.2, -0.15) is 5.26 Å². The topological polar surface area (TPSA) is 72.3 Å². The maximum Gasteiger partial charge on any atom is 0.317 e. The Balaban J connectivity index is 1.79. The molecule has 0 aliphatic carbocycles. The van der Waals surface area contributed by atoms with E-state index < -0.39 is 0 Å². The first-order chi connectivity index (χ1) is 11.1. The zero-order chi connectivity index (χ0) is 16.7. The average Bonchev–Trinajstić information content (AvgIpc) is 2.58. The maximum absolute atomic E-state index is 12.1. The number of urea groups is 1. The van der Waals surface area contributed by atoms with Crippen LogP contribution < -0.4 is 10.2 Å². The van der Waals surface area contributed by atoms with E-state index in [-0.39, 0.29) is 6.03 Å². The molecule has 1 aliphatic heterocycles. The Morgan fingerprint density at radius 1 is 1.39 bits per heavy atom. The summed E-state index contributed by atoms with van der Waals surface area (Å²) in [7, 11) is 0. The summed E-state index contributed by atoms with van der Waals surface area (Å²) in [6.07, 6.45) is 3.84. The van der Waals surface area contributed by atoms with Crippen LogP contribution in [-0.4, -0.2) is 48.6 Å². The third kappa shape index (κ3) is 4.85. The van der Waals surface area contributed by atoms with Gasteiger partial charge in [0.05, 0.1) is 5.56 Å². The molecule has 0 unspecified atom stereocenters. The summed E-state index contributed by atoms with van der Waals surface area (Å²) >= 11 is 0. The van der Waals surface area contributed by atoms with Gasteiger partial charge in [-0.1, -0.05) is 13.8 Å². The van der Waals surface area contributed by atoms with E-state index in [1.165, 1.54) is 0 Å². The highest BCUT2D eigenvalue weighted by molar-refractivity contribution is 5.74. The first-order valence-electron chi connectivity index (χ1n) is 8.24. The first kappa shape index (κ1) is 17.1. The minimum Gasteiger partial charge on any atom is -0.352 e. The molecule has 124 valence electrons. The van der Waals surface area contributed by atoms with Crippen molar-refractivity contribution in [2.24, 2.45) is 5.92 Å². The Kier molecular flexibility index (Phi) is 6.21. The van der Waals surface area contributed by atoms with Gasteiger partial charge >= 0.3 is 6.03 Å². The second-order valence-electron chi connectivity index (χ2n) is 6.23. The highest BCUT2D eigenvalue weighted by atomic mass is 16.2. The van der Waals surface area contributed by atoms with Crippen molar-refractivity contribution in [3.8, 4) is 6.07 Å². The Morgan fingerprint density at radius 3 is 2.78 bits per heavy atom. The normalized spacial score (nSPS) is 14.7. The lowest BCUT2D eigenvalue weighted by Gasteiger charge is -2.35. The van der Waals surface area contributed by atoms with E-state index in [9.17, 15) is 4.79 Å². The van der Waals surface area contributed by atoms with E-state index >= 15 is 0 Å². The number of aromatic nitrogens is 1. The van der Waals surface area contributed by atoms with Crippen molar-refractivity contribution in [1.82, 2.24) is 15.2 Å². The zero-order valence-corrected chi connectivity index (χ0v) is 14.0. The van der Waals surface area contributed by atoms with Crippen molar-refractivity contribution >= 4 is 11.8 Å². The molecule has 0 radical (unpaired) electrons. The molecule has 1 aromatic heterocycles. The predicted octanol–water partition coefficient (Wildman–Crippen LogP) is 2.22. The minimum absolute atomic E-state index is 0.00920. The molecule has 1 aromatic rings.